The van der Waals surface area contributed by atoms with Crippen molar-refractivity contribution >= 4 is 34.8 Å². The number of carbonyl (C=O) groups excluding carboxylic acids is 3. The first-order chi connectivity index (χ1) is 15.4. The molecule has 3 fully saturated rings. The van der Waals surface area contributed by atoms with Crippen LogP contribution in [-0.4, -0.2) is 40.1 Å². The number of nitrogens with one attached hydrogen (secondary N) is 1. The number of hydrogen-bond acceptors (Lipinski definition) is 6. The second-order valence-electron chi connectivity index (χ2n) is 8.91. The smallest absolute Gasteiger partial charge is 0.274 e. The molecule has 3 saturated heterocycles. The van der Waals surface area contributed by atoms with Crippen LogP contribution in [0, 0.1) is 28.9 Å². The molecule has 4 heterocycles. The highest BCUT2D eigenvalue weighted by Crippen LogP contribution is 2.60. The second kappa shape index (κ2) is 6.23. The fourth-order valence-corrected chi connectivity index (χ4v) is 6.35. The first-order valence-corrected chi connectivity index (χ1v) is 10.7. The van der Waals surface area contributed by atoms with Gasteiger partial charge in [0, 0.05) is 28.9 Å². The second-order valence-corrected chi connectivity index (χ2v) is 8.91. The Bertz CT molecular complexity index is 1240. The van der Waals surface area contributed by atoms with E-state index in [1.165, 1.54) is 12.1 Å². The highest BCUT2D eigenvalue weighted by Gasteiger charge is 2.74. The summed E-state index contributed by atoms with van der Waals surface area (Å²) >= 11 is 0. The minimum absolute atomic E-state index is 0.152. The molecule has 4 aliphatic heterocycles. The lowest BCUT2D eigenvalue weighted by molar-refractivity contribution is -0.385. The number of aryl methyl sites for hydroxylation is 1. The number of nitrogens with zero attached hydrogens (tertiary/aromatic N) is 3. The number of nitro groups is 1. The zero-order valence-electron chi connectivity index (χ0n) is 17.3. The Morgan fingerprint density at radius 1 is 1.12 bits per heavy atom. The van der Waals surface area contributed by atoms with Gasteiger partial charge in [-0.25, -0.2) is 4.90 Å². The zero-order chi connectivity index (χ0) is 22.4. The maximum atomic E-state index is 13.8. The van der Waals surface area contributed by atoms with Crippen molar-refractivity contribution in [2.24, 2.45) is 11.8 Å². The Kier molecular flexibility index (Phi) is 3.72. The van der Waals surface area contributed by atoms with E-state index >= 15 is 0 Å². The van der Waals surface area contributed by atoms with Crippen LogP contribution in [0.5, 0.6) is 0 Å². The van der Waals surface area contributed by atoms with E-state index < -0.39 is 28.2 Å². The maximum Gasteiger partial charge on any atom is 0.274 e. The van der Waals surface area contributed by atoms with Gasteiger partial charge in [0.2, 0.25) is 17.7 Å². The molecule has 4 atom stereocenters. The third-order valence-electron chi connectivity index (χ3n) is 7.55. The third-order valence-corrected chi connectivity index (χ3v) is 7.55. The molecule has 0 aromatic heterocycles. The predicted octanol–water partition coefficient (Wildman–Crippen LogP) is 2.33. The summed E-state index contributed by atoms with van der Waals surface area (Å²) in [4.78, 5) is 55.0. The highest BCUT2D eigenvalue weighted by molar-refractivity contribution is 6.26. The summed E-state index contributed by atoms with van der Waals surface area (Å²) in [5, 5.41) is 14.4. The molecule has 32 heavy (non-hydrogen) atoms. The molecule has 6 rings (SSSR count). The number of nitro benzene ring substituents is 1. The molecule has 9 heteroatoms. The number of imide groups is 1. The average molecular weight is 432 g/mol. The minimum atomic E-state index is -1.24. The molecule has 0 radical (unpaired) electrons. The normalized spacial score (nSPS) is 30.6. The molecule has 0 saturated carbocycles. The lowest BCUT2D eigenvalue weighted by Gasteiger charge is -2.36. The first kappa shape index (κ1) is 19.1. The van der Waals surface area contributed by atoms with Gasteiger partial charge in [0.05, 0.1) is 22.4 Å². The fourth-order valence-electron chi connectivity index (χ4n) is 6.35. The van der Waals surface area contributed by atoms with Crippen LogP contribution < -0.4 is 10.2 Å². The van der Waals surface area contributed by atoms with Gasteiger partial charge in [0.1, 0.15) is 5.54 Å². The molecule has 1 N–H and O–H groups in total. The molecule has 162 valence electrons. The Morgan fingerprint density at radius 3 is 2.69 bits per heavy atom. The lowest BCUT2D eigenvalue weighted by Crippen LogP contribution is -2.54. The molecule has 4 aliphatic rings. The molecule has 2 aromatic rings. The molecule has 0 unspecified atom stereocenters. The number of hydrogen-bond donors (Lipinski definition) is 1. The number of rotatable bonds is 2. The molecule has 0 bridgehead atoms. The monoisotopic (exact) mass is 432 g/mol. The number of benzene rings is 2. The van der Waals surface area contributed by atoms with Gasteiger partial charge in [-0.2, -0.15) is 0 Å². The topological polar surface area (TPSA) is 113 Å². The van der Waals surface area contributed by atoms with Crippen LogP contribution >= 0.6 is 0 Å². The molecule has 3 amide bonds. The molecule has 9 nitrogen and oxygen atoms in total. The van der Waals surface area contributed by atoms with Gasteiger partial charge < -0.3 is 5.32 Å². The van der Waals surface area contributed by atoms with Crippen molar-refractivity contribution in [3.8, 4) is 0 Å². The van der Waals surface area contributed by atoms with Crippen molar-refractivity contribution in [1.29, 1.82) is 0 Å². The molecule has 1 spiro atoms. The van der Waals surface area contributed by atoms with E-state index in [2.05, 4.69) is 5.32 Å². The van der Waals surface area contributed by atoms with Crippen molar-refractivity contribution < 1.29 is 19.3 Å². The molecular weight excluding hydrogens is 412 g/mol. The Labute approximate surface area is 183 Å². The lowest BCUT2D eigenvalue weighted by atomic mass is 9.75. The fraction of sp³-hybridized carbons (Fsp3) is 0.348. The predicted molar refractivity (Wildman–Crippen MR) is 114 cm³/mol. The van der Waals surface area contributed by atoms with E-state index in [9.17, 15) is 24.5 Å². The van der Waals surface area contributed by atoms with Crippen LogP contribution in [-0.2, 0) is 19.9 Å². The van der Waals surface area contributed by atoms with E-state index in [1.54, 1.807) is 13.0 Å². The van der Waals surface area contributed by atoms with Crippen molar-refractivity contribution in [2.45, 2.75) is 31.3 Å². The largest absolute Gasteiger partial charge is 0.324 e. The van der Waals surface area contributed by atoms with E-state index in [1.807, 2.05) is 29.2 Å². The minimum Gasteiger partial charge on any atom is -0.324 e. The summed E-state index contributed by atoms with van der Waals surface area (Å²) in [5.74, 6) is -2.67. The maximum absolute atomic E-state index is 13.8. The van der Waals surface area contributed by atoms with Crippen LogP contribution in [0.3, 0.4) is 0 Å². The number of amides is 3. The van der Waals surface area contributed by atoms with Gasteiger partial charge in [-0.15, -0.1) is 0 Å². The Balaban J connectivity index is 1.53. The van der Waals surface area contributed by atoms with Gasteiger partial charge >= 0.3 is 0 Å². The standard InChI is InChI=1S/C23H20N4O5/c1-12-8-9-13(11-17(12)27(31)32)26-20(28)18-16-7-4-10-25(16)23(19(18)21(26)29)14-5-2-3-6-15(14)24-22(23)30/h2-3,5-6,8-9,11,16,18-19H,4,7,10H2,1H3,(H,24,30)/t16-,18+,19+,23+/m1/s1. The van der Waals surface area contributed by atoms with Crippen molar-refractivity contribution in [1.82, 2.24) is 4.90 Å². The molecule has 2 aromatic carbocycles. The van der Waals surface area contributed by atoms with E-state index in [0.717, 1.165) is 23.3 Å². The Morgan fingerprint density at radius 2 is 1.91 bits per heavy atom. The van der Waals surface area contributed by atoms with Crippen LogP contribution in [0.25, 0.3) is 0 Å². The van der Waals surface area contributed by atoms with Crippen LogP contribution in [0.15, 0.2) is 42.5 Å². The summed E-state index contributed by atoms with van der Waals surface area (Å²) in [5.41, 5.74) is 0.622. The van der Waals surface area contributed by atoms with Gasteiger partial charge in [0.15, 0.2) is 0 Å². The average Bonchev–Trinajstić information content (AvgIpc) is 3.47. The first-order valence-electron chi connectivity index (χ1n) is 10.7. The van der Waals surface area contributed by atoms with Crippen LogP contribution in [0.2, 0.25) is 0 Å². The van der Waals surface area contributed by atoms with E-state index in [-0.39, 0.29) is 29.2 Å². The van der Waals surface area contributed by atoms with Gasteiger partial charge in [-0.05, 0) is 38.4 Å². The number of para-hydroxylation sites is 1. The highest BCUT2D eigenvalue weighted by atomic mass is 16.6. The summed E-state index contributed by atoms with van der Waals surface area (Å²) in [6, 6.07) is 11.5. The number of carbonyl (C=O) groups is 3. The van der Waals surface area contributed by atoms with Gasteiger partial charge in [-0.1, -0.05) is 24.3 Å². The summed E-state index contributed by atoms with van der Waals surface area (Å²) in [7, 11) is 0. The molecular formula is C23H20N4O5. The van der Waals surface area contributed by atoms with Crippen LogP contribution in [0.4, 0.5) is 17.1 Å². The third kappa shape index (κ3) is 2.09. The summed E-state index contributed by atoms with van der Waals surface area (Å²) in [6.45, 7) is 2.24. The Hall–Kier alpha value is -3.59. The van der Waals surface area contributed by atoms with Crippen LogP contribution in [0.1, 0.15) is 24.0 Å². The quantitative estimate of drug-likeness (QED) is 0.443. The summed E-state index contributed by atoms with van der Waals surface area (Å²) in [6.07, 6.45) is 1.56. The van der Waals surface area contributed by atoms with E-state index in [4.69, 9.17) is 0 Å². The van der Waals surface area contributed by atoms with Crippen molar-refractivity contribution in [2.75, 3.05) is 16.8 Å². The SMILES string of the molecule is Cc1ccc(N2C(=O)[C@H]3[C@H]4CCCN4[C@]4(C(=O)Nc5ccccc54)[C@@H]3C2=O)cc1[N+](=O)[O-]. The molecule has 0 aliphatic carbocycles. The van der Waals surface area contributed by atoms with Crippen molar-refractivity contribution in [3.05, 3.63) is 63.7 Å². The van der Waals surface area contributed by atoms with Gasteiger partial charge in [0.25, 0.3) is 5.69 Å². The van der Waals surface area contributed by atoms with E-state index in [0.29, 0.717) is 17.8 Å². The number of anilines is 2. The van der Waals surface area contributed by atoms with Crippen molar-refractivity contribution in [3.63, 3.8) is 0 Å². The summed E-state index contributed by atoms with van der Waals surface area (Å²) < 4.78 is 0. The van der Waals surface area contributed by atoms with Gasteiger partial charge in [-0.3, -0.25) is 29.4 Å². The number of fused-ring (bicyclic) bond motifs is 7. The zero-order valence-corrected chi connectivity index (χ0v) is 17.3.